The van der Waals surface area contributed by atoms with Crippen molar-refractivity contribution in [2.75, 3.05) is 0 Å². The quantitative estimate of drug-likeness (QED) is 0.187. The van der Waals surface area contributed by atoms with E-state index in [0.29, 0.717) is 11.5 Å². The summed E-state index contributed by atoms with van der Waals surface area (Å²) in [5.41, 5.74) is 10.6. The molecule has 5 aromatic carbocycles. The van der Waals surface area contributed by atoms with Crippen molar-refractivity contribution >= 4 is 33.5 Å². The van der Waals surface area contributed by atoms with E-state index in [1.807, 2.05) is 36.4 Å². The molecule has 0 aliphatic heterocycles. The zero-order valence-electron chi connectivity index (χ0n) is 26.0. The van der Waals surface area contributed by atoms with Gasteiger partial charge in [-0.25, -0.2) is 4.98 Å². The number of phenols is 1. The predicted octanol–water partition coefficient (Wildman–Crippen LogP) is 11.2. The number of aromatic hydroxyl groups is 1. The van der Waals surface area contributed by atoms with Crippen LogP contribution in [0.15, 0.2) is 114 Å². The van der Waals surface area contributed by atoms with E-state index in [4.69, 9.17) is 9.98 Å². The number of benzene rings is 5. The van der Waals surface area contributed by atoms with Crippen molar-refractivity contribution in [2.45, 2.75) is 46.5 Å². The molecular weight excluding hydrogens is 557 g/mol. The summed E-state index contributed by atoms with van der Waals surface area (Å²) in [6.07, 6.45) is 2.84. The Kier molecular flexibility index (Phi) is 8.20. The van der Waals surface area contributed by atoms with Gasteiger partial charge in [0.05, 0.1) is 15.9 Å². The second-order valence-electron chi connectivity index (χ2n) is 12.8. The summed E-state index contributed by atoms with van der Waals surface area (Å²) in [5, 5.41) is 11.5. The fourth-order valence-corrected chi connectivity index (χ4v) is 6.55. The monoisotopic (exact) mass is 594 g/mol. The van der Waals surface area contributed by atoms with E-state index in [1.54, 1.807) is 23.6 Å². The molecular formula is C40H38N2OS. The lowest BCUT2D eigenvalue weighted by Gasteiger charge is -2.19. The molecule has 0 spiro atoms. The molecule has 4 heteroatoms. The van der Waals surface area contributed by atoms with Gasteiger partial charge in [-0.3, -0.25) is 4.99 Å². The third-order valence-corrected chi connectivity index (χ3v) is 8.92. The predicted molar refractivity (Wildman–Crippen MR) is 189 cm³/mol. The minimum absolute atomic E-state index is 0.0272. The van der Waals surface area contributed by atoms with Crippen LogP contribution in [0.2, 0.25) is 0 Å². The number of fused-ring (bicyclic) bond motifs is 1. The van der Waals surface area contributed by atoms with Crippen LogP contribution >= 0.6 is 11.3 Å². The molecule has 1 aromatic heterocycles. The number of thiazole rings is 1. The summed E-state index contributed by atoms with van der Waals surface area (Å²) in [4.78, 5) is 10.1. The zero-order chi connectivity index (χ0) is 30.8. The van der Waals surface area contributed by atoms with Gasteiger partial charge in [0, 0.05) is 22.9 Å². The van der Waals surface area contributed by atoms with Crippen molar-refractivity contribution in [3.05, 3.63) is 126 Å². The van der Waals surface area contributed by atoms with Crippen LogP contribution in [0.5, 0.6) is 5.75 Å². The lowest BCUT2D eigenvalue weighted by molar-refractivity contribution is 0.473. The number of nitrogens with zero attached hydrogens (tertiary/aromatic N) is 2. The highest BCUT2D eigenvalue weighted by atomic mass is 32.1. The molecule has 220 valence electrons. The van der Waals surface area contributed by atoms with Crippen LogP contribution in [0.4, 0.5) is 5.69 Å². The van der Waals surface area contributed by atoms with Crippen molar-refractivity contribution < 1.29 is 5.11 Å². The third kappa shape index (κ3) is 6.36. The van der Waals surface area contributed by atoms with Crippen molar-refractivity contribution in [2.24, 2.45) is 10.9 Å². The maximum absolute atomic E-state index is 10.6. The number of rotatable bonds is 7. The van der Waals surface area contributed by atoms with Crippen LogP contribution < -0.4 is 0 Å². The Morgan fingerprint density at radius 1 is 0.773 bits per heavy atom. The molecule has 0 amide bonds. The highest BCUT2D eigenvalue weighted by Gasteiger charge is 2.17. The standard InChI is InChI=1S/C40H38N2OS/c1-26(2)21-27-15-17-28(18-16-27)30-23-34(29-11-7-6-8-12-29)38-37(24-30)44-39(42-38)33-13-9-10-14-35(33)41-25-31-22-32(40(3,4)5)19-20-36(31)43/h6-20,22-26,43H,21H2,1-5H3. The summed E-state index contributed by atoms with van der Waals surface area (Å²) < 4.78 is 1.14. The maximum Gasteiger partial charge on any atom is 0.126 e. The van der Waals surface area contributed by atoms with Crippen LogP contribution in [0.25, 0.3) is 43.0 Å². The fraction of sp³-hybridized carbons (Fsp3) is 0.200. The molecule has 0 radical (unpaired) electrons. The number of hydrogen-bond acceptors (Lipinski definition) is 4. The SMILES string of the molecule is CC(C)Cc1ccc(-c2cc(-c3ccccc3)c3nc(-c4ccccc4N=Cc4cc(C(C)(C)C)ccc4O)sc3c2)cc1. The van der Waals surface area contributed by atoms with E-state index < -0.39 is 0 Å². The smallest absolute Gasteiger partial charge is 0.126 e. The molecule has 0 unspecified atom stereocenters. The molecule has 44 heavy (non-hydrogen) atoms. The minimum Gasteiger partial charge on any atom is -0.507 e. The number of phenolic OH excluding ortho intramolecular Hbond substituents is 1. The normalized spacial score (nSPS) is 12.0. The molecule has 0 fully saturated rings. The van der Waals surface area contributed by atoms with Gasteiger partial charge in [0.25, 0.3) is 0 Å². The largest absolute Gasteiger partial charge is 0.507 e. The minimum atomic E-state index is -0.0272. The van der Waals surface area contributed by atoms with Gasteiger partial charge < -0.3 is 5.11 Å². The Morgan fingerprint density at radius 2 is 1.50 bits per heavy atom. The summed E-state index contributed by atoms with van der Waals surface area (Å²) in [6, 6.07) is 37.9. The van der Waals surface area contributed by atoms with Gasteiger partial charge in [0.15, 0.2) is 0 Å². The van der Waals surface area contributed by atoms with Gasteiger partial charge in [-0.05, 0) is 82.0 Å². The first kappa shape index (κ1) is 29.5. The second kappa shape index (κ2) is 12.2. The molecule has 0 saturated carbocycles. The summed E-state index contributed by atoms with van der Waals surface area (Å²) in [5.74, 6) is 0.848. The van der Waals surface area contributed by atoms with E-state index in [-0.39, 0.29) is 11.2 Å². The van der Waals surface area contributed by atoms with Crippen LogP contribution in [-0.4, -0.2) is 16.3 Å². The fourth-order valence-electron chi connectivity index (χ4n) is 5.48. The molecule has 6 aromatic rings. The number of hydrogen-bond donors (Lipinski definition) is 1. The Bertz CT molecular complexity index is 1940. The Morgan fingerprint density at radius 3 is 2.23 bits per heavy atom. The van der Waals surface area contributed by atoms with Crippen LogP contribution in [-0.2, 0) is 11.8 Å². The first-order chi connectivity index (χ1) is 21.2. The van der Waals surface area contributed by atoms with Crippen LogP contribution in [0, 0.1) is 5.92 Å². The average Bonchev–Trinajstić information content (AvgIpc) is 3.44. The highest BCUT2D eigenvalue weighted by molar-refractivity contribution is 7.21. The number of aliphatic imine (C=N–C) groups is 1. The van der Waals surface area contributed by atoms with Crippen LogP contribution in [0.1, 0.15) is 51.3 Å². The van der Waals surface area contributed by atoms with Gasteiger partial charge in [-0.2, -0.15) is 0 Å². The molecule has 0 aliphatic carbocycles. The number of aromatic nitrogens is 1. The van der Waals surface area contributed by atoms with E-state index in [1.165, 1.54) is 16.7 Å². The van der Waals surface area contributed by atoms with E-state index in [2.05, 4.69) is 101 Å². The third-order valence-electron chi connectivity index (χ3n) is 7.88. The first-order valence-corrected chi connectivity index (χ1v) is 16.0. The van der Waals surface area contributed by atoms with Crippen molar-refractivity contribution in [3.63, 3.8) is 0 Å². The molecule has 0 atom stereocenters. The maximum atomic E-state index is 10.6. The van der Waals surface area contributed by atoms with E-state index in [0.717, 1.165) is 49.6 Å². The Hall–Kier alpha value is -4.54. The Labute approximate surface area is 264 Å². The molecule has 1 heterocycles. The van der Waals surface area contributed by atoms with Crippen molar-refractivity contribution in [3.8, 4) is 38.6 Å². The zero-order valence-corrected chi connectivity index (χ0v) is 26.8. The number of para-hydroxylation sites is 1. The van der Waals surface area contributed by atoms with Crippen molar-refractivity contribution in [1.29, 1.82) is 0 Å². The molecule has 0 aliphatic rings. The second-order valence-corrected chi connectivity index (χ2v) is 13.9. The summed E-state index contributed by atoms with van der Waals surface area (Å²) in [7, 11) is 0. The molecule has 0 bridgehead atoms. The molecule has 0 saturated heterocycles. The van der Waals surface area contributed by atoms with Gasteiger partial charge in [-0.15, -0.1) is 11.3 Å². The van der Waals surface area contributed by atoms with E-state index >= 15 is 0 Å². The Balaban J connectivity index is 1.44. The lowest BCUT2D eigenvalue weighted by Crippen LogP contribution is -2.11. The van der Waals surface area contributed by atoms with Gasteiger partial charge >= 0.3 is 0 Å². The topological polar surface area (TPSA) is 45.5 Å². The first-order valence-electron chi connectivity index (χ1n) is 15.2. The molecule has 6 rings (SSSR count). The molecule has 3 nitrogen and oxygen atoms in total. The summed E-state index contributed by atoms with van der Waals surface area (Å²) >= 11 is 1.69. The van der Waals surface area contributed by atoms with Gasteiger partial charge in [0.2, 0.25) is 0 Å². The average molecular weight is 595 g/mol. The lowest BCUT2D eigenvalue weighted by atomic mass is 9.86. The molecule has 1 N–H and O–H groups in total. The van der Waals surface area contributed by atoms with Crippen molar-refractivity contribution in [1.82, 2.24) is 4.98 Å². The highest BCUT2D eigenvalue weighted by Crippen LogP contribution is 2.41. The van der Waals surface area contributed by atoms with E-state index in [9.17, 15) is 5.11 Å². The summed E-state index contributed by atoms with van der Waals surface area (Å²) in [6.45, 7) is 11.0. The van der Waals surface area contributed by atoms with Gasteiger partial charge in [-0.1, -0.05) is 107 Å². The van der Waals surface area contributed by atoms with Crippen LogP contribution in [0.3, 0.4) is 0 Å². The van der Waals surface area contributed by atoms with Gasteiger partial charge in [0.1, 0.15) is 10.8 Å².